The number of carbonyl (C=O) groups is 2. The van der Waals surface area contributed by atoms with Crippen LogP contribution >= 0.6 is 24.0 Å². The summed E-state index contributed by atoms with van der Waals surface area (Å²) in [4.78, 5) is 24.2. The van der Waals surface area contributed by atoms with Crippen molar-refractivity contribution < 1.29 is 19.1 Å². The van der Waals surface area contributed by atoms with Crippen molar-refractivity contribution in [2.24, 2.45) is 0 Å². The van der Waals surface area contributed by atoms with E-state index >= 15 is 0 Å². The van der Waals surface area contributed by atoms with Gasteiger partial charge in [-0.25, -0.2) is 0 Å². The van der Waals surface area contributed by atoms with Crippen LogP contribution in [-0.4, -0.2) is 32.7 Å². The summed E-state index contributed by atoms with van der Waals surface area (Å²) in [7, 11) is 0. The Morgan fingerprint density at radius 2 is 2.35 bits per heavy atom. The summed E-state index contributed by atoms with van der Waals surface area (Å²) in [5.74, 6) is -0.792. The number of carbonyl (C=O) groups excluding carboxylic acids is 1. The smallest absolute Gasteiger partial charge is 0.323 e. The molecule has 1 aliphatic rings. The predicted octanol–water partition coefficient (Wildman–Crippen LogP) is 2.51. The van der Waals surface area contributed by atoms with E-state index in [0.29, 0.717) is 10.7 Å². The topological polar surface area (TPSA) is 70.8 Å². The van der Waals surface area contributed by atoms with Crippen molar-refractivity contribution in [2.45, 2.75) is 6.92 Å². The van der Waals surface area contributed by atoms with Crippen LogP contribution in [0.25, 0.3) is 6.08 Å². The molecule has 0 aromatic carbocycles. The van der Waals surface area contributed by atoms with Crippen molar-refractivity contribution in [3.05, 3.63) is 40.7 Å². The molecule has 104 valence electrons. The fraction of sp³-hybridized carbons (Fsp3) is 0.154. The van der Waals surface area contributed by atoms with Gasteiger partial charge in [-0.2, -0.15) is 0 Å². The maximum absolute atomic E-state index is 12.0. The fourth-order valence-corrected chi connectivity index (χ4v) is 2.92. The van der Waals surface area contributed by atoms with Crippen LogP contribution in [0.1, 0.15) is 12.7 Å². The number of aliphatic carboxylic acids is 1. The zero-order chi connectivity index (χ0) is 14.7. The van der Waals surface area contributed by atoms with E-state index in [2.05, 4.69) is 0 Å². The van der Waals surface area contributed by atoms with E-state index in [9.17, 15) is 9.59 Å². The molecule has 2 rings (SSSR count). The third kappa shape index (κ3) is 3.37. The Bertz CT molecular complexity index is 616. The van der Waals surface area contributed by atoms with E-state index < -0.39 is 12.5 Å². The van der Waals surface area contributed by atoms with Crippen LogP contribution < -0.4 is 0 Å². The fourth-order valence-electron chi connectivity index (χ4n) is 1.62. The number of thiocarbonyl (C=S) groups is 1. The Hall–Kier alpha value is -1.86. The van der Waals surface area contributed by atoms with Crippen LogP contribution in [0.5, 0.6) is 0 Å². The minimum Gasteiger partial charge on any atom is -0.480 e. The SMILES string of the molecule is CC(=C/c1ccco1)/C=C1/SC(=S)N(CC(=O)O)C1=O. The molecule has 0 saturated carbocycles. The number of hydrogen-bond acceptors (Lipinski definition) is 5. The first-order valence-corrected chi connectivity index (χ1v) is 6.89. The highest BCUT2D eigenvalue weighted by atomic mass is 32.2. The zero-order valence-corrected chi connectivity index (χ0v) is 12.2. The molecule has 5 nitrogen and oxygen atoms in total. The van der Waals surface area contributed by atoms with Gasteiger partial charge in [-0.3, -0.25) is 14.5 Å². The Labute approximate surface area is 124 Å². The monoisotopic (exact) mass is 309 g/mol. The molecule has 0 atom stereocenters. The summed E-state index contributed by atoms with van der Waals surface area (Å²) in [6.07, 6.45) is 5.01. The van der Waals surface area contributed by atoms with Gasteiger partial charge in [0.2, 0.25) is 0 Å². The molecule has 1 amide bonds. The second kappa shape index (κ2) is 6.06. The van der Waals surface area contributed by atoms with Crippen LogP contribution in [0.2, 0.25) is 0 Å². The second-order valence-electron chi connectivity index (χ2n) is 4.07. The molecule has 1 N–H and O–H groups in total. The molecule has 1 aliphatic heterocycles. The van der Waals surface area contributed by atoms with E-state index in [1.54, 1.807) is 30.5 Å². The van der Waals surface area contributed by atoms with E-state index in [1.807, 2.05) is 6.92 Å². The Balaban J connectivity index is 2.17. The lowest BCUT2D eigenvalue weighted by atomic mass is 10.2. The van der Waals surface area contributed by atoms with Crippen molar-refractivity contribution in [1.29, 1.82) is 0 Å². The number of carboxylic acid groups (broad SMARTS) is 1. The van der Waals surface area contributed by atoms with Gasteiger partial charge in [0, 0.05) is 0 Å². The van der Waals surface area contributed by atoms with Gasteiger partial charge in [0.15, 0.2) is 0 Å². The standard InChI is InChI=1S/C13H11NO4S2/c1-8(5-9-3-2-4-18-9)6-10-12(17)14(7-11(15)16)13(19)20-10/h2-6H,7H2,1H3,(H,15,16)/b8-5-,10-6+. The van der Waals surface area contributed by atoms with Gasteiger partial charge in [-0.05, 0) is 36.8 Å². The molecule has 1 aromatic rings. The van der Waals surface area contributed by atoms with Gasteiger partial charge in [-0.1, -0.05) is 24.0 Å². The molecule has 0 bridgehead atoms. The molecule has 0 unspecified atom stereocenters. The average Bonchev–Trinajstić information content (AvgIpc) is 2.93. The molecule has 1 saturated heterocycles. The van der Waals surface area contributed by atoms with Crippen molar-refractivity contribution in [2.75, 3.05) is 6.54 Å². The molecule has 1 aromatic heterocycles. The minimum absolute atomic E-state index is 0.259. The van der Waals surface area contributed by atoms with Crippen LogP contribution in [0.4, 0.5) is 0 Å². The largest absolute Gasteiger partial charge is 0.480 e. The number of thioether (sulfide) groups is 1. The molecular formula is C13H11NO4S2. The Morgan fingerprint density at radius 3 is 2.95 bits per heavy atom. The highest BCUT2D eigenvalue weighted by Gasteiger charge is 2.33. The van der Waals surface area contributed by atoms with Crippen LogP contribution in [0.3, 0.4) is 0 Å². The molecule has 2 heterocycles. The number of furan rings is 1. The van der Waals surface area contributed by atoms with Crippen molar-refractivity contribution >= 4 is 46.3 Å². The molecule has 0 spiro atoms. The molecule has 1 fully saturated rings. The summed E-state index contributed by atoms with van der Waals surface area (Å²) in [5.41, 5.74) is 0.816. The lowest BCUT2D eigenvalue weighted by Crippen LogP contribution is -2.33. The van der Waals surface area contributed by atoms with Crippen LogP contribution in [0.15, 0.2) is 39.4 Å². The summed E-state index contributed by atoms with van der Waals surface area (Å²) in [6.45, 7) is 1.41. The number of hydrogen-bond donors (Lipinski definition) is 1. The van der Waals surface area contributed by atoms with Gasteiger partial charge in [0.25, 0.3) is 5.91 Å². The second-order valence-corrected chi connectivity index (χ2v) is 5.74. The quantitative estimate of drug-likeness (QED) is 0.681. The van der Waals surface area contributed by atoms with Gasteiger partial charge in [0.05, 0.1) is 11.2 Å². The average molecular weight is 309 g/mol. The number of rotatable bonds is 4. The van der Waals surface area contributed by atoms with Crippen molar-refractivity contribution in [3.8, 4) is 0 Å². The summed E-state index contributed by atoms with van der Waals surface area (Å²) in [5, 5.41) is 8.74. The van der Waals surface area contributed by atoms with Gasteiger partial charge in [-0.15, -0.1) is 0 Å². The summed E-state index contributed by atoms with van der Waals surface area (Å²) < 4.78 is 5.44. The predicted molar refractivity (Wildman–Crippen MR) is 80.0 cm³/mol. The van der Waals surface area contributed by atoms with Crippen LogP contribution in [0, 0.1) is 0 Å². The summed E-state index contributed by atoms with van der Waals surface area (Å²) >= 11 is 6.11. The minimum atomic E-state index is -1.09. The number of carboxylic acids is 1. The third-order valence-electron chi connectivity index (χ3n) is 2.44. The molecule has 20 heavy (non-hydrogen) atoms. The maximum Gasteiger partial charge on any atom is 0.323 e. The van der Waals surface area contributed by atoms with E-state index in [0.717, 1.165) is 22.2 Å². The third-order valence-corrected chi connectivity index (χ3v) is 3.82. The summed E-state index contributed by atoms with van der Waals surface area (Å²) in [6, 6.07) is 3.57. The number of allylic oxidation sites excluding steroid dienone is 2. The molecule has 0 aliphatic carbocycles. The van der Waals surface area contributed by atoms with E-state index in [4.69, 9.17) is 21.7 Å². The number of amides is 1. The first-order chi connectivity index (χ1) is 9.47. The van der Waals surface area contributed by atoms with Crippen molar-refractivity contribution in [1.82, 2.24) is 4.90 Å². The highest BCUT2D eigenvalue weighted by Crippen LogP contribution is 2.31. The molecule has 0 radical (unpaired) electrons. The van der Waals surface area contributed by atoms with E-state index in [-0.39, 0.29) is 10.2 Å². The Morgan fingerprint density at radius 1 is 1.60 bits per heavy atom. The Kier molecular flexibility index (Phi) is 4.41. The molecule has 7 heteroatoms. The lowest BCUT2D eigenvalue weighted by Gasteiger charge is -2.10. The zero-order valence-electron chi connectivity index (χ0n) is 10.5. The van der Waals surface area contributed by atoms with Crippen LogP contribution in [-0.2, 0) is 9.59 Å². The van der Waals surface area contributed by atoms with Gasteiger partial charge in [0.1, 0.15) is 16.6 Å². The first kappa shape index (κ1) is 14.5. The highest BCUT2D eigenvalue weighted by molar-refractivity contribution is 8.26. The lowest BCUT2D eigenvalue weighted by molar-refractivity contribution is -0.140. The van der Waals surface area contributed by atoms with Gasteiger partial charge < -0.3 is 9.52 Å². The normalized spacial score (nSPS) is 18.1. The maximum atomic E-state index is 12.0. The van der Waals surface area contributed by atoms with Crippen molar-refractivity contribution in [3.63, 3.8) is 0 Å². The van der Waals surface area contributed by atoms with Gasteiger partial charge >= 0.3 is 5.97 Å². The number of nitrogens with zero attached hydrogens (tertiary/aromatic N) is 1. The first-order valence-electron chi connectivity index (χ1n) is 5.66. The van der Waals surface area contributed by atoms with E-state index in [1.165, 1.54) is 0 Å². The molecular weight excluding hydrogens is 298 g/mol.